The molecule has 0 saturated heterocycles. The number of ether oxygens (including phenoxy) is 1. The molecule has 0 bridgehead atoms. The Morgan fingerprint density at radius 1 is 0.889 bits per heavy atom. The molecule has 1 aliphatic heterocycles. The average molecular weight is 357 g/mol. The van der Waals surface area contributed by atoms with Crippen LogP contribution in [-0.4, -0.2) is 11.7 Å². The lowest BCUT2D eigenvalue weighted by Crippen LogP contribution is -2.29. The first-order valence-electron chi connectivity index (χ1n) is 8.85. The third-order valence-electron chi connectivity index (χ3n) is 4.67. The highest BCUT2D eigenvalue weighted by Gasteiger charge is 2.36. The van der Waals surface area contributed by atoms with Gasteiger partial charge in [-0.15, -0.1) is 0 Å². The van der Waals surface area contributed by atoms with Gasteiger partial charge in [-0.2, -0.15) is 0 Å². The first-order chi connectivity index (χ1) is 13.1. The Labute approximate surface area is 158 Å². The number of anilines is 1. The molecule has 1 aliphatic rings. The minimum Gasteiger partial charge on any atom is -0.489 e. The van der Waals surface area contributed by atoms with Gasteiger partial charge in [-0.3, -0.25) is 9.59 Å². The summed E-state index contributed by atoms with van der Waals surface area (Å²) in [5.74, 6) is -0.230. The van der Waals surface area contributed by atoms with Crippen LogP contribution >= 0.6 is 0 Å². The quantitative estimate of drug-likeness (QED) is 0.640. The van der Waals surface area contributed by atoms with Gasteiger partial charge in [-0.1, -0.05) is 60.2 Å². The maximum Gasteiger partial charge on any atom is 0.299 e. The molecule has 3 aromatic carbocycles. The molecule has 0 N–H and O–H groups in total. The van der Waals surface area contributed by atoms with E-state index in [1.165, 1.54) is 4.90 Å². The lowest BCUT2D eigenvalue weighted by Gasteiger charge is -2.19. The van der Waals surface area contributed by atoms with E-state index < -0.39 is 11.7 Å². The fraction of sp³-hybridized carbons (Fsp3) is 0.130. The van der Waals surface area contributed by atoms with Crippen molar-refractivity contribution in [3.8, 4) is 5.75 Å². The van der Waals surface area contributed by atoms with Crippen molar-refractivity contribution in [2.45, 2.75) is 20.1 Å². The zero-order valence-corrected chi connectivity index (χ0v) is 15.0. The third kappa shape index (κ3) is 3.34. The third-order valence-corrected chi connectivity index (χ3v) is 4.67. The second-order valence-electron chi connectivity index (χ2n) is 6.62. The Balaban J connectivity index is 1.59. The first kappa shape index (κ1) is 17.0. The Morgan fingerprint density at radius 3 is 2.44 bits per heavy atom. The maximum absolute atomic E-state index is 12.5. The number of benzene rings is 3. The van der Waals surface area contributed by atoms with E-state index in [0.29, 0.717) is 30.2 Å². The number of nitrogens with zero attached hydrogens (tertiary/aromatic N) is 1. The zero-order valence-electron chi connectivity index (χ0n) is 15.0. The number of carbonyl (C=O) groups excluding carboxylic acids is 2. The maximum atomic E-state index is 12.5. The SMILES string of the molecule is Cc1ccc2c(c1)C(=O)C(=O)N2Cc1ccccc1OCc1ccccc1. The molecular weight excluding hydrogens is 338 g/mol. The molecule has 4 heteroatoms. The van der Waals surface area contributed by atoms with Crippen LogP contribution in [-0.2, 0) is 17.9 Å². The van der Waals surface area contributed by atoms with Crippen molar-refractivity contribution in [1.82, 2.24) is 0 Å². The van der Waals surface area contributed by atoms with E-state index in [1.807, 2.05) is 73.7 Å². The summed E-state index contributed by atoms with van der Waals surface area (Å²) in [6, 6.07) is 23.0. The number of ketones is 1. The van der Waals surface area contributed by atoms with Crippen LogP contribution in [0.4, 0.5) is 5.69 Å². The number of para-hydroxylation sites is 1. The van der Waals surface area contributed by atoms with Gasteiger partial charge in [0.25, 0.3) is 11.7 Å². The molecule has 0 atom stereocenters. The summed E-state index contributed by atoms with van der Waals surface area (Å²) in [5, 5.41) is 0. The molecule has 3 aromatic rings. The lowest BCUT2D eigenvalue weighted by molar-refractivity contribution is -0.114. The van der Waals surface area contributed by atoms with Crippen molar-refractivity contribution >= 4 is 17.4 Å². The van der Waals surface area contributed by atoms with Crippen LogP contribution in [0.2, 0.25) is 0 Å². The molecule has 0 spiro atoms. The predicted molar refractivity (Wildman–Crippen MR) is 104 cm³/mol. The van der Waals surface area contributed by atoms with Gasteiger partial charge in [0.2, 0.25) is 0 Å². The van der Waals surface area contributed by atoms with E-state index in [0.717, 1.165) is 16.7 Å². The summed E-state index contributed by atoms with van der Waals surface area (Å²) < 4.78 is 5.98. The summed E-state index contributed by atoms with van der Waals surface area (Å²) in [7, 11) is 0. The summed E-state index contributed by atoms with van der Waals surface area (Å²) in [6.45, 7) is 2.65. The van der Waals surface area contributed by atoms with Crippen LogP contribution in [0.5, 0.6) is 5.75 Å². The second-order valence-corrected chi connectivity index (χ2v) is 6.62. The molecular formula is C23H19NO3. The Kier molecular flexibility index (Phi) is 4.47. The van der Waals surface area contributed by atoms with E-state index in [4.69, 9.17) is 4.74 Å². The van der Waals surface area contributed by atoms with Crippen molar-refractivity contribution < 1.29 is 14.3 Å². The van der Waals surface area contributed by atoms with Crippen LogP contribution in [0.3, 0.4) is 0 Å². The molecule has 0 radical (unpaired) electrons. The highest BCUT2D eigenvalue weighted by Crippen LogP contribution is 2.32. The smallest absolute Gasteiger partial charge is 0.299 e. The van der Waals surface area contributed by atoms with Crippen molar-refractivity contribution in [3.63, 3.8) is 0 Å². The van der Waals surface area contributed by atoms with Gasteiger partial charge >= 0.3 is 0 Å². The molecule has 0 saturated carbocycles. The fourth-order valence-corrected chi connectivity index (χ4v) is 3.25. The predicted octanol–water partition coefficient (Wildman–Crippen LogP) is 4.30. The number of aryl methyl sites for hydroxylation is 1. The molecule has 0 unspecified atom stereocenters. The molecule has 4 nitrogen and oxygen atoms in total. The van der Waals surface area contributed by atoms with Gasteiger partial charge in [0.1, 0.15) is 12.4 Å². The van der Waals surface area contributed by atoms with Crippen LogP contribution in [0.15, 0.2) is 72.8 Å². The van der Waals surface area contributed by atoms with Crippen molar-refractivity contribution in [2.75, 3.05) is 4.90 Å². The molecule has 1 heterocycles. The Hall–Kier alpha value is -3.40. The van der Waals surface area contributed by atoms with Crippen LogP contribution in [0.25, 0.3) is 0 Å². The largest absolute Gasteiger partial charge is 0.489 e. The minimum atomic E-state index is -0.492. The second kappa shape index (κ2) is 7.08. The first-order valence-corrected chi connectivity index (χ1v) is 8.85. The molecule has 4 rings (SSSR count). The number of hydrogen-bond donors (Lipinski definition) is 0. The molecule has 1 amide bonds. The van der Waals surface area contributed by atoms with Gasteiger partial charge in [0, 0.05) is 5.56 Å². The molecule has 134 valence electrons. The van der Waals surface area contributed by atoms with E-state index in [2.05, 4.69) is 0 Å². The number of carbonyl (C=O) groups is 2. The van der Waals surface area contributed by atoms with E-state index in [1.54, 1.807) is 6.07 Å². The van der Waals surface area contributed by atoms with Gasteiger partial charge < -0.3 is 9.64 Å². The highest BCUT2D eigenvalue weighted by molar-refractivity contribution is 6.52. The van der Waals surface area contributed by atoms with Gasteiger partial charge in [-0.05, 0) is 30.7 Å². The average Bonchev–Trinajstić information content (AvgIpc) is 2.92. The normalized spacial score (nSPS) is 13.0. The highest BCUT2D eigenvalue weighted by atomic mass is 16.5. The number of fused-ring (bicyclic) bond motifs is 1. The number of amides is 1. The fourth-order valence-electron chi connectivity index (χ4n) is 3.25. The van der Waals surface area contributed by atoms with Gasteiger partial charge in [0.15, 0.2) is 0 Å². The van der Waals surface area contributed by atoms with Crippen molar-refractivity contribution in [1.29, 1.82) is 0 Å². The van der Waals surface area contributed by atoms with Crippen LogP contribution in [0, 0.1) is 6.92 Å². The molecule has 0 aliphatic carbocycles. The van der Waals surface area contributed by atoms with Crippen molar-refractivity contribution in [2.24, 2.45) is 0 Å². The summed E-state index contributed by atoms with van der Waals surface area (Å²) in [5.41, 5.74) is 4.03. The summed E-state index contributed by atoms with van der Waals surface area (Å²) in [4.78, 5) is 26.4. The Bertz CT molecular complexity index is 1010. The lowest BCUT2D eigenvalue weighted by atomic mass is 10.1. The molecule has 0 aromatic heterocycles. The summed E-state index contributed by atoms with van der Waals surface area (Å²) in [6.07, 6.45) is 0. The topological polar surface area (TPSA) is 46.6 Å². The van der Waals surface area contributed by atoms with Gasteiger partial charge in [0.05, 0.1) is 17.8 Å². The van der Waals surface area contributed by atoms with E-state index in [9.17, 15) is 9.59 Å². The number of hydrogen-bond acceptors (Lipinski definition) is 3. The monoisotopic (exact) mass is 357 g/mol. The number of rotatable bonds is 5. The standard InChI is InChI=1S/C23H19NO3/c1-16-11-12-20-19(13-16)22(25)23(26)24(20)14-18-9-5-6-10-21(18)27-15-17-7-3-2-4-8-17/h2-13H,14-15H2,1H3. The van der Waals surface area contributed by atoms with Crippen LogP contribution in [0.1, 0.15) is 27.0 Å². The number of Topliss-reactive ketones (excluding diaryl/α,β-unsaturated/α-hetero) is 1. The van der Waals surface area contributed by atoms with Gasteiger partial charge in [-0.25, -0.2) is 0 Å². The minimum absolute atomic E-state index is 0.297. The zero-order chi connectivity index (χ0) is 18.8. The van der Waals surface area contributed by atoms with E-state index in [-0.39, 0.29) is 0 Å². The molecule has 27 heavy (non-hydrogen) atoms. The summed E-state index contributed by atoms with van der Waals surface area (Å²) >= 11 is 0. The van der Waals surface area contributed by atoms with Crippen LogP contribution < -0.4 is 9.64 Å². The van der Waals surface area contributed by atoms with Crippen molar-refractivity contribution in [3.05, 3.63) is 95.1 Å². The molecule has 0 fully saturated rings. The Morgan fingerprint density at radius 2 is 1.63 bits per heavy atom. The van der Waals surface area contributed by atoms with E-state index >= 15 is 0 Å².